The molecule has 124 valence electrons. The van der Waals surface area contributed by atoms with E-state index in [9.17, 15) is 14.0 Å². The van der Waals surface area contributed by atoms with Gasteiger partial charge in [-0.15, -0.1) is 0 Å². The lowest BCUT2D eigenvalue weighted by molar-refractivity contribution is -0.122. The predicted molar refractivity (Wildman–Crippen MR) is 81.8 cm³/mol. The van der Waals surface area contributed by atoms with Crippen LogP contribution < -0.4 is 21.5 Å². The van der Waals surface area contributed by atoms with Crippen LogP contribution in [0.15, 0.2) is 24.3 Å². The molecule has 8 heteroatoms. The molecule has 4 N–H and O–H groups in total. The van der Waals surface area contributed by atoms with E-state index < -0.39 is 6.04 Å². The van der Waals surface area contributed by atoms with Crippen LogP contribution >= 0.6 is 0 Å². The maximum absolute atomic E-state index is 13.8. The van der Waals surface area contributed by atoms with Gasteiger partial charge in [0.1, 0.15) is 11.9 Å². The Hall–Kier alpha value is -2.19. The standard InChI is InChI=1S/C15H20FN5O2/c16-11-4-2-1-3-10(11)12-9-13(20-19-12)14(22)17-5-7-21-8-6-18-15(21)23/h1-4,12-13,19-20H,5-9H2,(H,17,22)(H,18,23). The summed E-state index contributed by atoms with van der Waals surface area (Å²) in [6.45, 7) is 2.18. The van der Waals surface area contributed by atoms with Gasteiger partial charge in [0.05, 0.1) is 6.04 Å². The molecule has 1 aromatic carbocycles. The summed E-state index contributed by atoms with van der Waals surface area (Å²) in [6, 6.07) is 5.77. The number of hydrogen-bond donors (Lipinski definition) is 4. The lowest BCUT2D eigenvalue weighted by atomic mass is 10.0. The number of benzene rings is 1. The molecule has 7 nitrogen and oxygen atoms in total. The molecule has 2 aliphatic rings. The van der Waals surface area contributed by atoms with Gasteiger partial charge in [0.25, 0.3) is 0 Å². The molecule has 2 unspecified atom stereocenters. The molecule has 0 bridgehead atoms. The van der Waals surface area contributed by atoms with Gasteiger partial charge in [-0.2, -0.15) is 0 Å². The van der Waals surface area contributed by atoms with Gasteiger partial charge in [0, 0.05) is 31.7 Å². The maximum Gasteiger partial charge on any atom is 0.317 e. The minimum Gasteiger partial charge on any atom is -0.353 e. The van der Waals surface area contributed by atoms with Gasteiger partial charge in [-0.25, -0.2) is 20.0 Å². The summed E-state index contributed by atoms with van der Waals surface area (Å²) in [5.41, 5.74) is 6.40. The van der Waals surface area contributed by atoms with Gasteiger partial charge in [-0.1, -0.05) is 18.2 Å². The molecule has 0 radical (unpaired) electrons. The van der Waals surface area contributed by atoms with Crippen molar-refractivity contribution < 1.29 is 14.0 Å². The van der Waals surface area contributed by atoms with Crippen LogP contribution in [0, 0.1) is 5.82 Å². The van der Waals surface area contributed by atoms with Crippen molar-refractivity contribution in [3.63, 3.8) is 0 Å². The Morgan fingerprint density at radius 2 is 2.17 bits per heavy atom. The third kappa shape index (κ3) is 3.59. The van der Waals surface area contributed by atoms with Gasteiger partial charge in [-0.05, 0) is 12.5 Å². The number of hydrazine groups is 1. The van der Waals surface area contributed by atoms with Crippen molar-refractivity contribution in [1.29, 1.82) is 0 Å². The highest BCUT2D eigenvalue weighted by molar-refractivity contribution is 5.82. The molecule has 2 aliphatic heterocycles. The van der Waals surface area contributed by atoms with E-state index in [1.807, 2.05) is 0 Å². The second kappa shape index (κ2) is 6.93. The monoisotopic (exact) mass is 321 g/mol. The van der Waals surface area contributed by atoms with Crippen LogP contribution in [0.25, 0.3) is 0 Å². The number of urea groups is 1. The molecule has 2 fully saturated rings. The molecule has 3 rings (SSSR count). The van der Waals surface area contributed by atoms with Gasteiger partial charge < -0.3 is 15.5 Å². The van der Waals surface area contributed by atoms with Crippen LogP contribution in [-0.2, 0) is 4.79 Å². The first-order chi connectivity index (χ1) is 11.1. The van der Waals surface area contributed by atoms with Crippen molar-refractivity contribution in [1.82, 2.24) is 26.4 Å². The van der Waals surface area contributed by atoms with Crippen molar-refractivity contribution in [3.8, 4) is 0 Å². The zero-order valence-corrected chi connectivity index (χ0v) is 12.6. The number of halogens is 1. The topological polar surface area (TPSA) is 85.5 Å². The van der Waals surface area contributed by atoms with Gasteiger partial charge in [0.15, 0.2) is 0 Å². The van der Waals surface area contributed by atoms with E-state index in [4.69, 9.17) is 0 Å². The average molecular weight is 321 g/mol. The third-order valence-corrected chi connectivity index (χ3v) is 4.13. The summed E-state index contributed by atoms with van der Waals surface area (Å²) in [5.74, 6) is -0.441. The molecular formula is C15H20FN5O2. The predicted octanol–water partition coefficient (Wildman–Crippen LogP) is -0.125. The van der Waals surface area contributed by atoms with Crippen molar-refractivity contribution >= 4 is 11.9 Å². The van der Waals surface area contributed by atoms with Crippen LogP contribution in [0.2, 0.25) is 0 Å². The van der Waals surface area contributed by atoms with Gasteiger partial charge in [0.2, 0.25) is 5.91 Å². The number of carbonyl (C=O) groups is 2. The summed E-state index contributed by atoms with van der Waals surface area (Å²) in [4.78, 5) is 25.2. The molecule has 0 spiro atoms. The van der Waals surface area contributed by atoms with Gasteiger partial charge in [-0.3, -0.25) is 4.79 Å². The first-order valence-electron chi connectivity index (χ1n) is 7.71. The van der Waals surface area contributed by atoms with Crippen molar-refractivity contribution in [2.24, 2.45) is 0 Å². The zero-order valence-electron chi connectivity index (χ0n) is 12.6. The fourth-order valence-corrected chi connectivity index (χ4v) is 2.85. The van der Waals surface area contributed by atoms with E-state index in [-0.39, 0.29) is 23.8 Å². The third-order valence-electron chi connectivity index (χ3n) is 4.13. The highest BCUT2D eigenvalue weighted by atomic mass is 19.1. The van der Waals surface area contributed by atoms with Crippen LogP contribution in [0.3, 0.4) is 0 Å². The molecular weight excluding hydrogens is 301 g/mol. The number of nitrogens with zero attached hydrogens (tertiary/aromatic N) is 1. The largest absolute Gasteiger partial charge is 0.353 e. The molecule has 2 atom stereocenters. The zero-order chi connectivity index (χ0) is 16.2. The number of carbonyl (C=O) groups excluding carboxylic acids is 2. The fourth-order valence-electron chi connectivity index (χ4n) is 2.85. The second-order valence-corrected chi connectivity index (χ2v) is 5.66. The Morgan fingerprint density at radius 3 is 2.91 bits per heavy atom. The molecule has 0 aromatic heterocycles. The van der Waals surface area contributed by atoms with E-state index in [2.05, 4.69) is 21.5 Å². The number of amides is 3. The first kappa shape index (κ1) is 15.7. The summed E-state index contributed by atoms with van der Waals surface area (Å²) in [5, 5.41) is 5.51. The Kier molecular flexibility index (Phi) is 4.73. The summed E-state index contributed by atoms with van der Waals surface area (Å²) in [7, 11) is 0. The minimum atomic E-state index is -0.424. The normalized spacial score (nSPS) is 23.9. The first-order valence-corrected chi connectivity index (χ1v) is 7.71. The van der Waals surface area contributed by atoms with Crippen molar-refractivity contribution in [3.05, 3.63) is 35.6 Å². The van der Waals surface area contributed by atoms with Crippen LogP contribution in [0.1, 0.15) is 18.0 Å². The summed E-state index contributed by atoms with van der Waals surface area (Å²) in [6.07, 6.45) is 0.469. The van der Waals surface area contributed by atoms with E-state index in [1.54, 1.807) is 23.1 Å². The number of nitrogens with one attached hydrogen (secondary N) is 4. The minimum absolute atomic E-state index is 0.0977. The average Bonchev–Trinajstić information content (AvgIpc) is 3.17. The molecule has 2 heterocycles. The molecule has 1 aromatic rings. The van der Waals surface area contributed by atoms with Crippen molar-refractivity contribution in [2.45, 2.75) is 18.5 Å². The van der Waals surface area contributed by atoms with E-state index in [1.165, 1.54) is 6.07 Å². The number of rotatable bonds is 5. The molecule has 23 heavy (non-hydrogen) atoms. The lowest BCUT2D eigenvalue weighted by Gasteiger charge is -2.15. The van der Waals surface area contributed by atoms with Gasteiger partial charge >= 0.3 is 6.03 Å². The summed E-state index contributed by atoms with van der Waals surface area (Å²) >= 11 is 0. The SMILES string of the molecule is O=C(NCCN1CCNC1=O)C1CC(c2ccccc2F)NN1. The van der Waals surface area contributed by atoms with E-state index in [0.29, 0.717) is 38.2 Å². The Labute approximate surface area is 133 Å². The van der Waals surface area contributed by atoms with Crippen LogP contribution in [0.4, 0.5) is 9.18 Å². The molecule has 0 aliphatic carbocycles. The number of hydrogen-bond acceptors (Lipinski definition) is 4. The maximum atomic E-state index is 13.8. The summed E-state index contributed by atoms with van der Waals surface area (Å²) < 4.78 is 13.8. The smallest absolute Gasteiger partial charge is 0.317 e. The van der Waals surface area contributed by atoms with Crippen LogP contribution in [0.5, 0.6) is 0 Å². The fraction of sp³-hybridized carbons (Fsp3) is 0.467. The second-order valence-electron chi connectivity index (χ2n) is 5.66. The van der Waals surface area contributed by atoms with E-state index >= 15 is 0 Å². The quantitative estimate of drug-likeness (QED) is 0.609. The van der Waals surface area contributed by atoms with Crippen LogP contribution in [-0.4, -0.2) is 49.1 Å². The van der Waals surface area contributed by atoms with E-state index in [0.717, 1.165) is 0 Å². The Bertz CT molecular complexity index is 597. The lowest BCUT2D eigenvalue weighted by Crippen LogP contribution is -2.45. The Morgan fingerprint density at radius 1 is 1.35 bits per heavy atom. The Balaban J connectivity index is 1.46. The highest BCUT2D eigenvalue weighted by Crippen LogP contribution is 2.24. The molecule has 2 saturated heterocycles. The molecule has 0 saturated carbocycles. The molecule has 3 amide bonds. The highest BCUT2D eigenvalue weighted by Gasteiger charge is 2.31. The van der Waals surface area contributed by atoms with Crippen molar-refractivity contribution in [2.75, 3.05) is 26.2 Å².